The number of fused-ring (bicyclic) bond motifs is 1. The number of urea groups is 1. The third kappa shape index (κ3) is 4.47. The van der Waals surface area contributed by atoms with Gasteiger partial charge in [-0.3, -0.25) is 9.36 Å². The molecule has 1 aliphatic heterocycles. The van der Waals surface area contributed by atoms with Crippen LogP contribution in [0.1, 0.15) is 35.9 Å². The van der Waals surface area contributed by atoms with Crippen molar-refractivity contribution in [1.29, 1.82) is 0 Å². The number of nitrogens with one attached hydrogen (secondary N) is 2. The van der Waals surface area contributed by atoms with E-state index in [4.69, 9.17) is 9.72 Å². The molecule has 34 heavy (non-hydrogen) atoms. The highest BCUT2D eigenvalue weighted by Crippen LogP contribution is 2.32. The van der Waals surface area contributed by atoms with Crippen LogP contribution in [0, 0.1) is 13.8 Å². The lowest BCUT2D eigenvalue weighted by molar-refractivity contribution is -0.139. The second kappa shape index (κ2) is 10.0. The molecule has 0 spiro atoms. The van der Waals surface area contributed by atoms with Gasteiger partial charge in [0, 0.05) is 22.9 Å². The summed E-state index contributed by atoms with van der Waals surface area (Å²) in [6.45, 7) is 8.23. The highest BCUT2D eigenvalue weighted by atomic mass is 32.2. The number of thioether (sulfide) groups is 1. The number of ether oxygens (including phenoxy) is 1. The van der Waals surface area contributed by atoms with Gasteiger partial charge in [-0.1, -0.05) is 42.1 Å². The molecule has 2 amide bonds. The van der Waals surface area contributed by atoms with E-state index in [1.165, 1.54) is 23.1 Å². The van der Waals surface area contributed by atoms with Crippen molar-refractivity contribution >= 4 is 45.3 Å². The molecule has 0 bridgehead atoms. The number of carbonyl (C=O) groups excluding carboxylic acids is 2. The van der Waals surface area contributed by atoms with Crippen LogP contribution in [-0.2, 0) is 16.1 Å². The number of carbonyl (C=O) groups is 2. The Bertz CT molecular complexity index is 1340. The topological polar surface area (TPSA) is 102 Å². The Balaban J connectivity index is 1.76. The van der Waals surface area contributed by atoms with Crippen molar-refractivity contribution < 1.29 is 14.3 Å². The van der Waals surface area contributed by atoms with E-state index in [0.29, 0.717) is 33.2 Å². The fourth-order valence-corrected chi connectivity index (χ4v) is 6.01. The zero-order chi connectivity index (χ0) is 24.4. The lowest BCUT2D eigenvalue weighted by Crippen LogP contribution is -2.46. The summed E-state index contributed by atoms with van der Waals surface area (Å²) in [7, 11) is 0. The van der Waals surface area contributed by atoms with Crippen LogP contribution in [0.25, 0.3) is 10.2 Å². The van der Waals surface area contributed by atoms with Gasteiger partial charge in [0.25, 0.3) is 5.56 Å². The molecule has 178 valence electrons. The second-order valence-electron chi connectivity index (χ2n) is 7.75. The third-order valence-electron chi connectivity index (χ3n) is 5.70. The van der Waals surface area contributed by atoms with Crippen LogP contribution in [-0.4, -0.2) is 33.9 Å². The van der Waals surface area contributed by atoms with Crippen molar-refractivity contribution in [3.8, 4) is 0 Å². The number of aromatic nitrogens is 2. The van der Waals surface area contributed by atoms with Crippen LogP contribution >= 0.6 is 23.1 Å². The molecular weight excluding hydrogens is 472 g/mol. The number of hydrogen-bond donors (Lipinski definition) is 2. The molecule has 3 heterocycles. The van der Waals surface area contributed by atoms with Crippen LogP contribution < -0.4 is 16.2 Å². The van der Waals surface area contributed by atoms with Crippen molar-refractivity contribution in [2.75, 3.05) is 12.4 Å². The molecule has 0 saturated heterocycles. The molecule has 4 rings (SSSR count). The minimum atomic E-state index is -0.643. The summed E-state index contributed by atoms with van der Waals surface area (Å²) in [5.74, 6) is -0.258. The summed E-state index contributed by atoms with van der Waals surface area (Å²) in [6, 6.07) is 8.24. The van der Waals surface area contributed by atoms with Gasteiger partial charge >= 0.3 is 12.0 Å². The van der Waals surface area contributed by atoms with Gasteiger partial charge < -0.3 is 15.4 Å². The standard InChI is InChI=1S/C24H26N4O4S2/c1-5-28-21(29)17-13(3)14(4)34-20(17)27-24(28)33-12-16-18(22(30)32-6-2)19(26-23(31)25-16)15-10-8-7-9-11-15/h7-11,19H,5-6,12H2,1-4H3,(H2,25,26,31). The molecule has 0 radical (unpaired) electrons. The van der Waals surface area contributed by atoms with Gasteiger partial charge in [-0.05, 0) is 38.8 Å². The number of amides is 2. The SMILES string of the molecule is CCOC(=O)C1=C(CSc2nc3sc(C)c(C)c3c(=O)n2CC)NC(=O)NC1c1ccccc1. The highest BCUT2D eigenvalue weighted by molar-refractivity contribution is 7.99. The Kier molecular flexibility index (Phi) is 7.08. The quantitative estimate of drug-likeness (QED) is 0.289. The van der Waals surface area contributed by atoms with Crippen molar-refractivity contribution in [2.24, 2.45) is 0 Å². The molecule has 10 heteroatoms. The molecule has 8 nitrogen and oxygen atoms in total. The van der Waals surface area contributed by atoms with E-state index in [0.717, 1.165) is 16.0 Å². The van der Waals surface area contributed by atoms with E-state index < -0.39 is 18.0 Å². The molecule has 0 saturated carbocycles. The van der Waals surface area contributed by atoms with E-state index >= 15 is 0 Å². The van der Waals surface area contributed by atoms with Gasteiger partial charge in [0.05, 0.1) is 23.6 Å². The van der Waals surface area contributed by atoms with Crippen LogP contribution in [0.3, 0.4) is 0 Å². The fraction of sp³-hybridized carbons (Fsp3) is 0.333. The zero-order valence-corrected chi connectivity index (χ0v) is 21.1. The maximum atomic E-state index is 13.2. The average molecular weight is 499 g/mol. The summed E-state index contributed by atoms with van der Waals surface area (Å²) >= 11 is 2.81. The summed E-state index contributed by atoms with van der Waals surface area (Å²) in [5.41, 5.74) is 2.44. The van der Waals surface area contributed by atoms with Crippen LogP contribution in [0.15, 0.2) is 51.6 Å². The van der Waals surface area contributed by atoms with Gasteiger partial charge in [0.15, 0.2) is 5.16 Å². The molecular formula is C24H26N4O4S2. The van der Waals surface area contributed by atoms with E-state index in [-0.39, 0.29) is 17.9 Å². The first-order valence-electron chi connectivity index (χ1n) is 11.0. The highest BCUT2D eigenvalue weighted by Gasteiger charge is 2.33. The smallest absolute Gasteiger partial charge is 0.338 e. The second-order valence-corrected chi connectivity index (χ2v) is 9.90. The Hall–Kier alpha value is -3.11. The molecule has 1 atom stereocenters. The first kappa shape index (κ1) is 24.0. The lowest BCUT2D eigenvalue weighted by atomic mass is 9.95. The number of rotatable bonds is 7. The first-order chi connectivity index (χ1) is 16.3. The van der Waals surface area contributed by atoms with Crippen molar-refractivity contribution in [2.45, 2.75) is 45.4 Å². The minimum absolute atomic E-state index is 0.0760. The minimum Gasteiger partial charge on any atom is -0.463 e. The maximum absolute atomic E-state index is 13.2. The van der Waals surface area contributed by atoms with E-state index in [2.05, 4.69) is 10.6 Å². The fourth-order valence-electron chi connectivity index (χ4n) is 3.91. The summed E-state index contributed by atoms with van der Waals surface area (Å²) in [6.07, 6.45) is 0. The molecule has 1 unspecified atom stereocenters. The van der Waals surface area contributed by atoms with E-state index in [9.17, 15) is 14.4 Å². The van der Waals surface area contributed by atoms with Crippen LogP contribution in [0.5, 0.6) is 0 Å². The number of esters is 1. The monoisotopic (exact) mass is 498 g/mol. The molecule has 0 fully saturated rings. The van der Waals surface area contributed by atoms with E-state index in [1.54, 1.807) is 11.5 Å². The molecule has 3 aromatic rings. The summed E-state index contributed by atoms with van der Waals surface area (Å²) in [5, 5.41) is 6.80. The normalized spacial score (nSPS) is 15.9. The van der Waals surface area contributed by atoms with Crippen molar-refractivity contribution in [1.82, 2.24) is 20.2 Å². The first-order valence-corrected chi connectivity index (χ1v) is 12.8. The number of nitrogens with zero attached hydrogens (tertiary/aromatic N) is 2. The Morgan fingerprint density at radius 1 is 1.21 bits per heavy atom. The molecule has 0 aliphatic carbocycles. The van der Waals surface area contributed by atoms with Crippen molar-refractivity contribution in [3.63, 3.8) is 0 Å². The predicted octanol–water partition coefficient (Wildman–Crippen LogP) is 4.06. The molecule has 2 N–H and O–H groups in total. The molecule has 1 aromatic carbocycles. The Morgan fingerprint density at radius 3 is 2.62 bits per heavy atom. The van der Waals surface area contributed by atoms with Gasteiger partial charge in [-0.15, -0.1) is 11.3 Å². The zero-order valence-electron chi connectivity index (χ0n) is 19.4. The largest absolute Gasteiger partial charge is 0.463 e. The molecule has 2 aromatic heterocycles. The summed E-state index contributed by atoms with van der Waals surface area (Å²) < 4.78 is 6.95. The number of aryl methyl sites for hydroxylation is 2. The lowest BCUT2D eigenvalue weighted by Gasteiger charge is -2.29. The summed E-state index contributed by atoms with van der Waals surface area (Å²) in [4.78, 5) is 45.1. The number of benzene rings is 1. The number of thiophene rings is 1. The maximum Gasteiger partial charge on any atom is 0.338 e. The molecule has 1 aliphatic rings. The third-order valence-corrected chi connectivity index (χ3v) is 7.80. The Labute approximate surface area is 205 Å². The van der Waals surface area contributed by atoms with Gasteiger partial charge in [-0.2, -0.15) is 0 Å². The van der Waals surface area contributed by atoms with Gasteiger partial charge in [0.1, 0.15) is 4.83 Å². The van der Waals surface area contributed by atoms with Crippen molar-refractivity contribution in [3.05, 3.63) is 68.0 Å². The van der Waals surface area contributed by atoms with Gasteiger partial charge in [0.2, 0.25) is 0 Å². The Morgan fingerprint density at radius 2 is 1.94 bits per heavy atom. The van der Waals surface area contributed by atoms with Crippen LogP contribution in [0.4, 0.5) is 4.79 Å². The van der Waals surface area contributed by atoms with Crippen LogP contribution in [0.2, 0.25) is 0 Å². The average Bonchev–Trinajstić information content (AvgIpc) is 3.11. The number of hydrogen-bond acceptors (Lipinski definition) is 7. The van der Waals surface area contributed by atoms with E-state index in [1.807, 2.05) is 51.1 Å². The predicted molar refractivity (Wildman–Crippen MR) is 134 cm³/mol. The van der Waals surface area contributed by atoms with Gasteiger partial charge in [-0.25, -0.2) is 14.6 Å².